The van der Waals surface area contributed by atoms with Crippen LogP contribution in [-0.4, -0.2) is 43.6 Å². The molecule has 0 radical (unpaired) electrons. The van der Waals surface area contributed by atoms with Gasteiger partial charge in [0.05, 0.1) is 30.2 Å². The molecule has 3 heterocycles. The summed E-state index contributed by atoms with van der Waals surface area (Å²) in [5, 5.41) is 5.14. The minimum Gasteiger partial charge on any atom is -0.491 e. The van der Waals surface area contributed by atoms with E-state index in [9.17, 15) is 0 Å². The second-order valence-corrected chi connectivity index (χ2v) is 8.15. The molecule has 0 unspecified atom stereocenters. The normalized spacial score (nSPS) is 20.5. The van der Waals surface area contributed by atoms with Crippen molar-refractivity contribution in [1.82, 2.24) is 24.3 Å². The summed E-state index contributed by atoms with van der Waals surface area (Å²) < 4.78 is 22.1. The molecular weight excluding hydrogens is 453 g/mol. The van der Waals surface area contributed by atoms with E-state index in [1.165, 1.54) is 6.33 Å². The van der Waals surface area contributed by atoms with Gasteiger partial charge < -0.3 is 18.8 Å². The Morgan fingerprint density at radius 2 is 1.97 bits per heavy atom. The molecule has 8 nitrogen and oxygen atoms in total. The first-order valence-corrected chi connectivity index (χ1v) is 10.7. The average molecular weight is 472 g/mol. The van der Waals surface area contributed by atoms with E-state index in [2.05, 4.69) is 15.1 Å². The highest BCUT2D eigenvalue weighted by molar-refractivity contribution is 6.35. The van der Waals surface area contributed by atoms with Crippen LogP contribution in [0.3, 0.4) is 0 Å². The Hall–Kier alpha value is -2.91. The summed E-state index contributed by atoms with van der Waals surface area (Å²) in [4.78, 5) is 8.06. The van der Waals surface area contributed by atoms with Crippen molar-refractivity contribution in [2.24, 2.45) is 0 Å². The predicted molar refractivity (Wildman–Crippen MR) is 118 cm³/mol. The third-order valence-electron chi connectivity index (χ3n) is 5.11. The smallest absolute Gasteiger partial charge is 0.215 e. The van der Waals surface area contributed by atoms with Crippen LogP contribution < -0.4 is 4.74 Å². The summed E-state index contributed by atoms with van der Waals surface area (Å²) in [7, 11) is 0. The van der Waals surface area contributed by atoms with Crippen LogP contribution in [0.4, 0.5) is 0 Å². The first-order valence-electron chi connectivity index (χ1n) is 9.92. The summed E-state index contributed by atoms with van der Waals surface area (Å²) in [5.41, 5.74) is 1.60. The van der Waals surface area contributed by atoms with Crippen molar-refractivity contribution in [3.8, 4) is 11.4 Å². The van der Waals surface area contributed by atoms with Gasteiger partial charge in [0.15, 0.2) is 0 Å². The maximum Gasteiger partial charge on any atom is 0.215 e. The number of rotatable bonds is 7. The lowest BCUT2D eigenvalue weighted by molar-refractivity contribution is -0.189. The minimum atomic E-state index is -1.08. The highest BCUT2D eigenvalue weighted by Gasteiger charge is 2.45. The Bertz CT molecular complexity index is 1170. The van der Waals surface area contributed by atoms with Gasteiger partial charge in [0.2, 0.25) is 5.79 Å². The Labute approximate surface area is 194 Å². The Morgan fingerprint density at radius 3 is 2.69 bits per heavy atom. The first kappa shape index (κ1) is 21.0. The highest BCUT2D eigenvalue weighted by atomic mass is 35.5. The second-order valence-electron chi connectivity index (χ2n) is 7.31. The maximum absolute atomic E-state index is 6.50. The second kappa shape index (κ2) is 8.91. The summed E-state index contributed by atoms with van der Waals surface area (Å²) in [6.07, 6.45) is 8.10. The van der Waals surface area contributed by atoms with Gasteiger partial charge >= 0.3 is 0 Å². The monoisotopic (exact) mass is 471 g/mol. The third kappa shape index (κ3) is 4.35. The zero-order valence-electron chi connectivity index (χ0n) is 16.8. The molecular formula is C22H19Cl2N5O3. The summed E-state index contributed by atoms with van der Waals surface area (Å²) in [6.45, 7) is 1.06. The van der Waals surface area contributed by atoms with Gasteiger partial charge in [-0.05, 0) is 36.4 Å². The van der Waals surface area contributed by atoms with E-state index in [1.54, 1.807) is 35.7 Å². The lowest BCUT2D eigenvalue weighted by Gasteiger charge is -2.30. The van der Waals surface area contributed by atoms with E-state index >= 15 is 0 Å². The van der Waals surface area contributed by atoms with Crippen LogP contribution >= 0.6 is 23.2 Å². The molecule has 2 aromatic heterocycles. The third-order valence-corrected chi connectivity index (χ3v) is 5.65. The van der Waals surface area contributed by atoms with Gasteiger partial charge in [-0.15, -0.1) is 0 Å². The molecule has 1 saturated heterocycles. The Kier molecular flexibility index (Phi) is 5.84. The number of ether oxygens (including phenoxy) is 3. The van der Waals surface area contributed by atoms with Crippen LogP contribution in [0, 0.1) is 0 Å². The van der Waals surface area contributed by atoms with Crippen LogP contribution in [-0.2, 0) is 21.8 Å². The average Bonchev–Trinajstić information content (AvgIpc) is 3.56. The number of benzene rings is 2. The van der Waals surface area contributed by atoms with Crippen molar-refractivity contribution in [2.45, 2.75) is 18.4 Å². The van der Waals surface area contributed by atoms with Gasteiger partial charge in [-0.2, -0.15) is 5.10 Å². The van der Waals surface area contributed by atoms with E-state index in [0.29, 0.717) is 41.1 Å². The molecule has 0 saturated carbocycles. The van der Waals surface area contributed by atoms with Crippen molar-refractivity contribution in [1.29, 1.82) is 0 Å². The maximum atomic E-state index is 6.50. The van der Waals surface area contributed by atoms with E-state index in [1.807, 2.05) is 41.1 Å². The fraction of sp³-hybridized carbons (Fsp3) is 0.227. The van der Waals surface area contributed by atoms with Gasteiger partial charge in [-0.25, -0.2) is 14.6 Å². The van der Waals surface area contributed by atoms with Crippen LogP contribution in [0.15, 0.2) is 73.8 Å². The summed E-state index contributed by atoms with van der Waals surface area (Å²) in [5.74, 6) is -0.359. The molecule has 164 valence electrons. The lowest BCUT2D eigenvalue weighted by Crippen LogP contribution is -2.34. The van der Waals surface area contributed by atoms with Crippen LogP contribution in [0.2, 0.25) is 10.0 Å². The largest absolute Gasteiger partial charge is 0.491 e. The molecule has 1 fully saturated rings. The van der Waals surface area contributed by atoms with Crippen molar-refractivity contribution in [3.05, 3.63) is 89.4 Å². The number of imidazole rings is 1. The molecule has 0 bridgehead atoms. The molecule has 1 aliphatic rings. The van der Waals surface area contributed by atoms with Gasteiger partial charge in [-0.1, -0.05) is 29.3 Å². The van der Waals surface area contributed by atoms with E-state index in [4.69, 9.17) is 37.4 Å². The predicted octanol–water partition coefficient (Wildman–Crippen LogP) is 4.12. The van der Waals surface area contributed by atoms with Crippen molar-refractivity contribution >= 4 is 23.2 Å². The standard InChI is InChI=1S/C22H19Cl2N5O3/c23-16-1-6-20(21(24)9-16)22(12-28-8-7-25-14-28)31-11-19(32-22)10-30-18-4-2-17(3-5-18)29-15-26-13-27-29/h1-9,13-15,19H,10-12H2/t19-,22-/m1/s1. The SMILES string of the molecule is Clc1ccc([C@]2(Cn3ccnc3)OC[C@@H](COc3ccc(-n4cncn4)cc3)O2)c(Cl)c1. The highest BCUT2D eigenvalue weighted by Crippen LogP contribution is 2.40. The Morgan fingerprint density at radius 1 is 1.09 bits per heavy atom. The van der Waals surface area contributed by atoms with E-state index in [-0.39, 0.29) is 6.10 Å². The molecule has 0 amide bonds. The number of hydrogen-bond donors (Lipinski definition) is 0. The molecule has 0 N–H and O–H groups in total. The summed E-state index contributed by atoms with van der Waals surface area (Å²) in [6, 6.07) is 12.9. The fourth-order valence-corrected chi connectivity index (χ4v) is 4.15. The fourth-order valence-electron chi connectivity index (χ4n) is 3.60. The number of halogens is 2. The van der Waals surface area contributed by atoms with Gasteiger partial charge in [0, 0.05) is 23.0 Å². The van der Waals surface area contributed by atoms with E-state index < -0.39 is 5.79 Å². The van der Waals surface area contributed by atoms with Crippen molar-refractivity contribution in [2.75, 3.05) is 13.2 Å². The molecule has 4 aromatic rings. The van der Waals surface area contributed by atoms with Crippen LogP contribution in [0.5, 0.6) is 5.75 Å². The van der Waals surface area contributed by atoms with Gasteiger partial charge in [0.25, 0.3) is 0 Å². The zero-order chi connectivity index (χ0) is 22.0. The minimum absolute atomic E-state index is 0.291. The number of aromatic nitrogens is 5. The van der Waals surface area contributed by atoms with Gasteiger partial charge in [0.1, 0.15) is 31.1 Å². The molecule has 2 aromatic carbocycles. The zero-order valence-corrected chi connectivity index (χ0v) is 18.4. The molecule has 1 aliphatic heterocycles. The van der Waals surface area contributed by atoms with E-state index in [0.717, 1.165) is 5.69 Å². The van der Waals surface area contributed by atoms with Crippen molar-refractivity contribution < 1.29 is 14.2 Å². The van der Waals surface area contributed by atoms with Gasteiger partial charge in [-0.3, -0.25) is 0 Å². The molecule has 0 spiro atoms. The molecule has 32 heavy (non-hydrogen) atoms. The molecule has 2 atom stereocenters. The topological polar surface area (TPSA) is 76.2 Å². The summed E-state index contributed by atoms with van der Waals surface area (Å²) >= 11 is 12.6. The van der Waals surface area contributed by atoms with Crippen LogP contribution in [0.1, 0.15) is 5.56 Å². The molecule has 5 rings (SSSR count). The molecule has 0 aliphatic carbocycles. The quantitative estimate of drug-likeness (QED) is 0.403. The lowest BCUT2D eigenvalue weighted by atomic mass is 10.1. The Balaban J connectivity index is 1.30. The first-order chi connectivity index (χ1) is 15.6. The molecule has 10 heteroatoms. The number of nitrogens with zero attached hydrogens (tertiary/aromatic N) is 5. The number of hydrogen-bond acceptors (Lipinski definition) is 6. The van der Waals surface area contributed by atoms with Crippen molar-refractivity contribution in [3.63, 3.8) is 0 Å². The van der Waals surface area contributed by atoms with Crippen LogP contribution in [0.25, 0.3) is 5.69 Å².